The second kappa shape index (κ2) is 6.98. The minimum Gasteiger partial charge on any atom is -0.367 e. The molecule has 1 aromatic carbocycles. The van der Waals surface area contributed by atoms with E-state index in [1.165, 1.54) is 12.1 Å². The fourth-order valence-electron chi connectivity index (χ4n) is 1.48. The number of amides is 1. The first-order valence-electron chi connectivity index (χ1n) is 5.86. The van der Waals surface area contributed by atoms with Crippen LogP contribution in [0.5, 0.6) is 0 Å². The zero-order valence-electron chi connectivity index (χ0n) is 11.2. The average Bonchev–Trinajstić information content (AvgIpc) is 2.87. The molecular weight excluding hydrogens is 351 g/mol. The quantitative estimate of drug-likeness (QED) is 0.450. The Morgan fingerprint density at radius 1 is 1.52 bits per heavy atom. The van der Waals surface area contributed by atoms with Crippen LogP contribution in [0.2, 0.25) is 10.0 Å². The molecule has 0 saturated carbocycles. The van der Waals surface area contributed by atoms with Gasteiger partial charge in [0.1, 0.15) is 11.6 Å². The van der Waals surface area contributed by atoms with Gasteiger partial charge in [0.05, 0.1) is 16.2 Å². The second-order valence-electron chi connectivity index (χ2n) is 4.04. The zero-order chi connectivity index (χ0) is 17.0. The van der Waals surface area contributed by atoms with Crippen LogP contribution in [0, 0.1) is 10.1 Å². The summed E-state index contributed by atoms with van der Waals surface area (Å²) in [6.07, 6.45) is 1.10. The molecule has 0 aliphatic rings. The number of carbonyl (C=O) groups is 1. The van der Waals surface area contributed by atoms with Gasteiger partial charge in [0.15, 0.2) is 0 Å². The molecule has 3 N–H and O–H groups in total. The van der Waals surface area contributed by atoms with Crippen molar-refractivity contribution in [2.45, 2.75) is 6.54 Å². The molecule has 0 spiro atoms. The van der Waals surface area contributed by atoms with Crippen LogP contribution < -0.4 is 11.2 Å². The molecule has 11 nitrogen and oxygen atoms in total. The maximum atomic E-state index is 11.6. The third-order valence-electron chi connectivity index (χ3n) is 2.54. The number of hydrogen-bond acceptors (Lipinski definition) is 8. The fourth-order valence-corrected chi connectivity index (χ4v) is 2.02. The van der Waals surface area contributed by atoms with Crippen LogP contribution in [0.4, 0.5) is 11.6 Å². The van der Waals surface area contributed by atoms with Crippen LogP contribution in [0.25, 0.3) is 0 Å². The van der Waals surface area contributed by atoms with Gasteiger partial charge in [0.2, 0.25) is 5.95 Å². The summed E-state index contributed by atoms with van der Waals surface area (Å²) in [5, 5.41) is 24.6. The van der Waals surface area contributed by atoms with Crippen LogP contribution in [0.15, 0.2) is 17.2 Å². The lowest BCUT2D eigenvalue weighted by Gasteiger charge is -2.03. The number of aromatic nitrogens is 4. The van der Waals surface area contributed by atoms with Crippen LogP contribution >= 0.6 is 23.2 Å². The molecule has 0 unspecified atom stereocenters. The molecular formula is C10H8Cl2N8O3. The molecule has 0 fully saturated rings. The van der Waals surface area contributed by atoms with Crippen LogP contribution in [-0.2, 0) is 11.3 Å². The molecule has 0 bridgehead atoms. The number of hydrogen-bond donors (Lipinski definition) is 2. The van der Waals surface area contributed by atoms with Gasteiger partial charge in [0, 0.05) is 11.6 Å². The third-order valence-corrected chi connectivity index (χ3v) is 3.27. The monoisotopic (exact) mass is 358 g/mol. The largest absolute Gasteiger partial charge is 0.367 e. The summed E-state index contributed by atoms with van der Waals surface area (Å²) in [5.74, 6) is -0.605. The highest BCUT2D eigenvalue weighted by Gasteiger charge is 2.17. The second-order valence-corrected chi connectivity index (χ2v) is 4.82. The van der Waals surface area contributed by atoms with E-state index in [-0.39, 0.29) is 33.8 Å². The number of halogens is 2. The number of carbonyl (C=O) groups excluding carboxylic acids is 1. The van der Waals surface area contributed by atoms with Crippen molar-refractivity contribution >= 4 is 47.0 Å². The molecule has 0 radical (unpaired) electrons. The Morgan fingerprint density at radius 2 is 2.26 bits per heavy atom. The highest BCUT2D eigenvalue weighted by atomic mass is 35.5. The van der Waals surface area contributed by atoms with Gasteiger partial charge in [-0.1, -0.05) is 28.3 Å². The first kappa shape index (κ1) is 16.6. The van der Waals surface area contributed by atoms with Gasteiger partial charge < -0.3 is 5.73 Å². The van der Waals surface area contributed by atoms with Gasteiger partial charge in [-0.3, -0.25) is 14.9 Å². The van der Waals surface area contributed by atoms with E-state index >= 15 is 0 Å². The number of nitrogens with two attached hydrogens (primary N) is 1. The molecule has 13 heteroatoms. The van der Waals surface area contributed by atoms with Crippen molar-refractivity contribution in [1.82, 2.24) is 25.6 Å². The molecule has 2 aromatic rings. The van der Waals surface area contributed by atoms with Crippen molar-refractivity contribution in [3.05, 3.63) is 37.9 Å². The highest BCUT2D eigenvalue weighted by molar-refractivity contribution is 6.40. The molecule has 0 aliphatic heterocycles. The van der Waals surface area contributed by atoms with Crippen LogP contribution in [0.3, 0.4) is 0 Å². The predicted octanol–water partition coefficient (Wildman–Crippen LogP) is 0.621. The molecule has 2 rings (SSSR count). The van der Waals surface area contributed by atoms with E-state index < -0.39 is 10.8 Å². The minimum absolute atomic E-state index is 0.0334. The normalized spacial score (nSPS) is 10.9. The van der Waals surface area contributed by atoms with E-state index in [2.05, 4.69) is 26.1 Å². The van der Waals surface area contributed by atoms with Gasteiger partial charge in [-0.2, -0.15) is 5.10 Å². The van der Waals surface area contributed by atoms with Gasteiger partial charge in [-0.25, -0.2) is 10.1 Å². The van der Waals surface area contributed by atoms with Crippen molar-refractivity contribution in [3.8, 4) is 0 Å². The van der Waals surface area contributed by atoms with E-state index in [1.807, 2.05) is 0 Å². The summed E-state index contributed by atoms with van der Waals surface area (Å²) >= 11 is 11.8. The topological polar surface area (TPSA) is 154 Å². The Morgan fingerprint density at radius 3 is 2.87 bits per heavy atom. The molecule has 1 heterocycles. The Balaban J connectivity index is 2.09. The van der Waals surface area contributed by atoms with Crippen molar-refractivity contribution in [2.75, 3.05) is 5.73 Å². The number of rotatable bonds is 5. The lowest BCUT2D eigenvalue weighted by molar-refractivity contribution is -0.384. The molecule has 1 amide bonds. The Labute approximate surface area is 138 Å². The molecule has 120 valence electrons. The number of nitro groups is 1. The van der Waals surface area contributed by atoms with E-state index in [0.29, 0.717) is 0 Å². The third kappa shape index (κ3) is 3.90. The number of nitrogen functional groups attached to an aromatic ring is 1. The van der Waals surface area contributed by atoms with E-state index in [9.17, 15) is 14.9 Å². The number of hydrazone groups is 1. The number of tetrazole rings is 1. The summed E-state index contributed by atoms with van der Waals surface area (Å²) < 4.78 is 1.05. The van der Waals surface area contributed by atoms with Gasteiger partial charge in [-0.05, 0) is 16.5 Å². The smallest absolute Gasteiger partial charge is 0.288 e. The summed E-state index contributed by atoms with van der Waals surface area (Å²) in [5.41, 5.74) is 7.35. The zero-order valence-corrected chi connectivity index (χ0v) is 12.7. The maximum absolute atomic E-state index is 11.6. The summed E-state index contributed by atoms with van der Waals surface area (Å²) in [6, 6.07) is 2.47. The van der Waals surface area contributed by atoms with E-state index in [0.717, 1.165) is 10.9 Å². The minimum atomic E-state index is -0.658. The molecule has 23 heavy (non-hydrogen) atoms. The Kier molecular flexibility index (Phi) is 5.03. The van der Waals surface area contributed by atoms with Crippen molar-refractivity contribution < 1.29 is 9.72 Å². The van der Waals surface area contributed by atoms with Crippen LogP contribution in [0.1, 0.15) is 5.56 Å². The number of benzene rings is 1. The molecule has 0 aliphatic carbocycles. The summed E-state index contributed by atoms with van der Waals surface area (Å²) in [6.45, 7) is -0.257. The lowest BCUT2D eigenvalue weighted by Crippen LogP contribution is -2.24. The molecule has 0 atom stereocenters. The maximum Gasteiger partial charge on any atom is 0.288 e. The van der Waals surface area contributed by atoms with Gasteiger partial charge in [-0.15, -0.1) is 0 Å². The standard InChI is InChI=1S/C10H8Cl2N8O3/c11-6-1-2-7(20(22)23)9(12)5(6)3-14-15-8(21)4-19-10(13)16-17-18-19/h1-3H,4H2,(H,15,21)(H2,13,16,18)/b14-3-. The first-order chi connectivity index (χ1) is 10.9. The number of nitrogens with one attached hydrogen (secondary N) is 1. The SMILES string of the molecule is Nc1nnnn1CC(=O)N/N=C\c1c(Cl)ccc([N+](=O)[O-])c1Cl. The lowest BCUT2D eigenvalue weighted by atomic mass is 10.2. The van der Waals surface area contributed by atoms with Crippen LogP contribution in [-0.4, -0.2) is 37.3 Å². The Bertz CT molecular complexity index is 790. The van der Waals surface area contributed by atoms with E-state index in [1.54, 1.807) is 0 Å². The van der Waals surface area contributed by atoms with E-state index in [4.69, 9.17) is 28.9 Å². The van der Waals surface area contributed by atoms with Crippen molar-refractivity contribution in [2.24, 2.45) is 5.10 Å². The Hall–Kier alpha value is -2.79. The number of anilines is 1. The van der Waals surface area contributed by atoms with Gasteiger partial charge in [0.25, 0.3) is 11.6 Å². The fraction of sp³-hybridized carbons (Fsp3) is 0.100. The van der Waals surface area contributed by atoms with Crippen molar-refractivity contribution in [3.63, 3.8) is 0 Å². The molecule has 1 aromatic heterocycles. The first-order valence-corrected chi connectivity index (χ1v) is 6.61. The highest BCUT2D eigenvalue weighted by Crippen LogP contribution is 2.31. The number of nitro benzene ring substituents is 1. The summed E-state index contributed by atoms with van der Waals surface area (Å²) in [7, 11) is 0. The number of nitrogens with zero attached hydrogens (tertiary/aromatic N) is 6. The summed E-state index contributed by atoms with van der Waals surface area (Å²) in [4.78, 5) is 21.8. The molecule has 0 saturated heterocycles. The average molecular weight is 359 g/mol. The predicted molar refractivity (Wildman–Crippen MR) is 81.1 cm³/mol. The van der Waals surface area contributed by atoms with Crippen molar-refractivity contribution in [1.29, 1.82) is 0 Å². The van der Waals surface area contributed by atoms with Gasteiger partial charge >= 0.3 is 0 Å².